The van der Waals surface area contributed by atoms with E-state index in [1.165, 1.54) is 0 Å². The average molecular weight is 479 g/mol. The summed E-state index contributed by atoms with van der Waals surface area (Å²) in [6, 6.07) is 12.6. The van der Waals surface area contributed by atoms with E-state index >= 15 is 0 Å². The number of hydrogen-bond acceptors (Lipinski definition) is 5. The van der Waals surface area contributed by atoms with Crippen LogP contribution in [-0.2, 0) is 4.79 Å². The largest absolute Gasteiger partial charge is 0.490 e. The van der Waals surface area contributed by atoms with Gasteiger partial charge in [-0.25, -0.2) is 4.98 Å². The van der Waals surface area contributed by atoms with Crippen LogP contribution in [-0.4, -0.2) is 53.0 Å². The number of ether oxygens (including phenoxy) is 2. The van der Waals surface area contributed by atoms with E-state index in [9.17, 15) is 9.59 Å². The first-order valence-electron chi connectivity index (χ1n) is 12.4. The molecule has 1 saturated heterocycles. The number of rotatable bonds is 9. The number of hydrogen-bond donors (Lipinski definition) is 2. The smallest absolute Gasteiger partial charge is 0.260 e. The van der Waals surface area contributed by atoms with Gasteiger partial charge in [-0.2, -0.15) is 0 Å². The fraction of sp³-hybridized carbons (Fsp3) is 0.444. The molecule has 1 fully saturated rings. The van der Waals surface area contributed by atoms with Crippen molar-refractivity contribution in [2.24, 2.45) is 5.92 Å². The van der Waals surface area contributed by atoms with Gasteiger partial charge in [0.2, 0.25) is 0 Å². The van der Waals surface area contributed by atoms with E-state index in [0.717, 1.165) is 49.2 Å². The monoisotopic (exact) mass is 478 g/mol. The number of H-pyrrole nitrogens is 1. The Morgan fingerprint density at radius 2 is 1.83 bits per heavy atom. The Bertz CT molecular complexity index is 1130. The molecule has 186 valence electrons. The van der Waals surface area contributed by atoms with Crippen LogP contribution in [0, 0.1) is 5.92 Å². The molecule has 0 unspecified atom stereocenters. The number of likely N-dealkylation sites (tertiary alicyclic amines) is 1. The van der Waals surface area contributed by atoms with Crippen molar-refractivity contribution in [2.75, 3.05) is 26.3 Å². The number of carbonyl (C=O) groups is 2. The molecule has 0 bridgehead atoms. The lowest BCUT2D eigenvalue weighted by molar-refractivity contribution is -0.134. The lowest BCUT2D eigenvalue weighted by atomic mass is 10.0. The van der Waals surface area contributed by atoms with Crippen molar-refractivity contribution in [3.8, 4) is 11.5 Å². The van der Waals surface area contributed by atoms with E-state index < -0.39 is 0 Å². The molecule has 1 atom stereocenters. The first-order chi connectivity index (χ1) is 17.0. The molecule has 2 N–H and O–H groups in total. The number of imidazole rings is 1. The maximum atomic E-state index is 13.2. The zero-order valence-corrected chi connectivity index (χ0v) is 20.7. The lowest BCUT2D eigenvalue weighted by Crippen LogP contribution is -2.38. The molecule has 1 aromatic heterocycles. The normalized spacial score (nSPS) is 14.7. The van der Waals surface area contributed by atoms with Crippen LogP contribution in [0.25, 0.3) is 11.0 Å². The number of fused-ring (bicyclic) bond motifs is 1. The van der Waals surface area contributed by atoms with Gasteiger partial charge in [0.05, 0.1) is 23.7 Å². The quantitative estimate of drug-likeness (QED) is 0.473. The van der Waals surface area contributed by atoms with Crippen molar-refractivity contribution in [1.29, 1.82) is 0 Å². The van der Waals surface area contributed by atoms with Gasteiger partial charge in [0.25, 0.3) is 11.8 Å². The van der Waals surface area contributed by atoms with Gasteiger partial charge < -0.3 is 24.7 Å². The Kier molecular flexibility index (Phi) is 7.90. The third kappa shape index (κ3) is 5.93. The highest BCUT2D eigenvalue weighted by atomic mass is 16.5. The molecule has 4 rings (SSSR count). The SMILES string of the molecule is CCOc1cc(C(=O)N[C@@H](c2nc3ccccc3[nH]2)C(C)C)ccc1OCC(=O)N1CCCCC1. The van der Waals surface area contributed by atoms with E-state index in [1.807, 2.05) is 49.9 Å². The number of amides is 2. The maximum absolute atomic E-state index is 13.2. The van der Waals surface area contributed by atoms with E-state index in [4.69, 9.17) is 9.47 Å². The number of carbonyl (C=O) groups excluding carboxylic acids is 2. The molecule has 35 heavy (non-hydrogen) atoms. The van der Waals surface area contributed by atoms with Gasteiger partial charge in [0, 0.05) is 18.7 Å². The minimum absolute atomic E-state index is 0.0282. The summed E-state index contributed by atoms with van der Waals surface area (Å²) in [5.74, 6) is 1.47. The summed E-state index contributed by atoms with van der Waals surface area (Å²) in [5.41, 5.74) is 2.24. The zero-order valence-electron chi connectivity index (χ0n) is 20.7. The lowest BCUT2D eigenvalue weighted by Gasteiger charge is -2.26. The van der Waals surface area contributed by atoms with E-state index in [1.54, 1.807) is 18.2 Å². The summed E-state index contributed by atoms with van der Waals surface area (Å²) in [4.78, 5) is 35.5. The molecule has 8 heteroatoms. The minimum Gasteiger partial charge on any atom is -0.490 e. The highest BCUT2D eigenvalue weighted by Crippen LogP contribution is 2.30. The molecule has 2 heterocycles. The fourth-order valence-corrected chi connectivity index (χ4v) is 4.31. The second-order valence-corrected chi connectivity index (χ2v) is 9.16. The van der Waals surface area contributed by atoms with Crippen LogP contribution in [0.5, 0.6) is 11.5 Å². The first-order valence-corrected chi connectivity index (χ1v) is 12.4. The van der Waals surface area contributed by atoms with Crippen molar-refractivity contribution in [3.05, 3.63) is 53.9 Å². The molecule has 1 aliphatic heterocycles. The molecule has 0 saturated carbocycles. The highest BCUT2D eigenvalue weighted by molar-refractivity contribution is 5.95. The van der Waals surface area contributed by atoms with Crippen molar-refractivity contribution in [2.45, 2.75) is 46.1 Å². The van der Waals surface area contributed by atoms with Crippen molar-refractivity contribution < 1.29 is 19.1 Å². The number of nitrogens with zero attached hydrogens (tertiary/aromatic N) is 2. The van der Waals surface area contributed by atoms with Crippen LogP contribution in [0.4, 0.5) is 0 Å². The van der Waals surface area contributed by atoms with Gasteiger partial charge in [0.15, 0.2) is 18.1 Å². The minimum atomic E-state index is -0.288. The van der Waals surface area contributed by atoms with Crippen LogP contribution in [0.3, 0.4) is 0 Å². The third-order valence-corrected chi connectivity index (χ3v) is 6.22. The molecule has 3 aromatic rings. The van der Waals surface area contributed by atoms with Gasteiger partial charge in [-0.15, -0.1) is 0 Å². The second kappa shape index (κ2) is 11.3. The van der Waals surface area contributed by atoms with Crippen LogP contribution >= 0.6 is 0 Å². The number of piperidine rings is 1. The van der Waals surface area contributed by atoms with Crippen LogP contribution in [0.1, 0.15) is 62.3 Å². The van der Waals surface area contributed by atoms with E-state index in [2.05, 4.69) is 15.3 Å². The summed E-state index contributed by atoms with van der Waals surface area (Å²) in [7, 11) is 0. The molecular weight excluding hydrogens is 444 g/mol. The average Bonchev–Trinajstić information content (AvgIpc) is 3.30. The Balaban J connectivity index is 1.47. The summed E-state index contributed by atoms with van der Waals surface area (Å²) in [6.07, 6.45) is 3.23. The molecule has 0 radical (unpaired) electrons. The molecule has 8 nitrogen and oxygen atoms in total. The Morgan fingerprint density at radius 3 is 2.54 bits per heavy atom. The Morgan fingerprint density at radius 1 is 1.06 bits per heavy atom. The van der Waals surface area contributed by atoms with Gasteiger partial charge in [0.1, 0.15) is 5.82 Å². The van der Waals surface area contributed by atoms with Gasteiger partial charge in [-0.05, 0) is 62.4 Å². The molecule has 0 spiro atoms. The molecular formula is C27H34N4O4. The third-order valence-electron chi connectivity index (χ3n) is 6.22. The first kappa shape index (κ1) is 24.6. The number of nitrogens with one attached hydrogen (secondary N) is 2. The van der Waals surface area contributed by atoms with Crippen molar-refractivity contribution in [3.63, 3.8) is 0 Å². The molecule has 0 aliphatic carbocycles. The number of para-hydroxylation sites is 2. The number of aromatic nitrogens is 2. The summed E-state index contributed by atoms with van der Waals surface area (Å²) in [5, 5.41) is 3.10. The Labute approximate surface area is 206 Å². The standard InChI is InChI=1S/C27H34N4O4/c1-4-34-23-16-19(12-13-22(23)35-17-24(32)31-14-8-5-9-15-31)27(33)30-25(18(2)3)26-28-20-10-6-7-11-21(20)29-26/h6-7,10-13,16,18,25H,4-5,8-9,14-15,17H2,1-3H3,(H,28,29)(H,30,33)/t25-/m1/s1. The Hall–Kier alpha value is -3.55. The van der Waals surface area contributed by atoms with Gasteiger partial charge in [-0.3, -0.25) is 9.59 Å². The predicted octanol–water partition coefficient (Wildman–Crippen LogP) is 4.48. The second-order valence-electron chi connectivity index (χ2n) is 9.16. The van der Waals surface area contributed by atoms with Crippen molar-refractivity contribution in [1.82, 2.24) is 20.2 Å². The summed E-state index contributed by atoms with van der Waals surface area (Å²) >= 11 is 0. The van der Waals surface area contributed by atoms with Crippen LogP contribution in [0.2, 0.25) is 0 Å². The van der Waals surface area contributed by atoms with Crippen molar-refractivity contribution >= 4 is 22.8 Å². The molecule has 2 amide bonds. The maximum Gasteiger partial charge on any atom is 0.260 e. The predicted molar refractivity (Wildman–Crippen MR) is 135 cm³/mol. The van der Waals surface area contributed by atoms with E-state index in [0.29, 0.717) is 23.7 Å². The topological polar surface area (TPSA) is 96.5 Å². The zero-order chi connectivity index (χ0) is 24.8. The van der Waals surface area contributed by atoms with Crippen LogP contribution < -0.4 is 14.8 Å². The summed E-state index contributed by atoms with van der Waals surface area (Å²) in [6.45, 7) is 7.87. The highest BCUT2D eigenvalue weighted by Gasteiger charge is 2.24. The molecule has 2 aromatic carbocycles. The molecule has 1 aliphatic rings. The van der Waals surface area contributed by atoms with Gasteiger partial charge >= 0.3 is 0 Å². The number of aromatic amines is 1. The summed E-state index contributed by atoms with van der Waals surface area (Å²) < 4.78 is 11.5. The van der Waals surface area contributed by atoms with Crippen LogP contribution in [0.15, 0.2) is 42.5 Å². The number of benzene rings is 2. The van der Waals surface area contributed by atoms with Gasteiger partial charge in [-0.1, -0.05) is 26.0 Å². The fourth-order valence-electron chi connectivity index (χ4n) is 4.31. The van der Waals surface area contributed by atoms with E-state index in [-0.39, 0.29) is 30.4 Å².